The molecular weight excluding hydrogens is 356 g/mol. The van der Waals surface area contributed by atoms with Gasteiger partial charge in [-0.25, -0.2) is 19.7 Å². The van der Waals surface area contributed by atoms with Gasteiger partial charge in [-0.05, 0) is 18.2 Å². The Bertz CT molecular complexity index is 1360. The third kappa shape index (κ3) is 2.54. The Hall–Kier alpha value is -3.94. The molecule has 0 aliphatic rings. The fraction of sp³-hybridized carbons (Fsp3) is 0.100. The largest absolute Gasteiger partial charge is 0.496 e. The standard InChI is InChI=1S/C20H16N6O2/c1-28-16-7-3-2-6-13(16)12-26-19-14(23-20(26)27)10-22-18(24-19)15-11-21-17-8-4-5-9-25(15)17/h2-11H,12H2,1H3,(H,23,27). The summed E-state index contributed by atoms with van der Waals surface area (Å²) in [5, 5.41) is 0. The van der Waals surface area contributed by atoms with Crippen LogP contribution in [-0.4, -0.2) is 36.0 Å². The zero-order valence-corrected chi connectivity index (χ0v) is 15.0. The van der Waals surface area contributed by atoms with Gasteiger partial charge in [-0.15, -0.1) is 0 Å². The van der Waals surface area contributed by atoms with Gasteiger partial charge in [-0.2, -0.15) is 0 Å². The maximum atomic E-state index is 12.5. The lowest BCUT2D eigenvalue weighted by molar-refractivity contribution is 0.408. The van der Waals surface area contributed by atoms with Crippen molar-refractivity contribution in [3.8, 4) is 17.3 Å². The van der Waals surface area contributed by atoms with E-state index in [1.165, 1.54) is 0 Å². The predicted octanol–water partition coefficient (Wildman–Crippen LogP) is 2.49. The van der Waals surface area contributed by atoms with E-state index in [-0.39, 0.29) is 5.69 Å². The van der Waals surface area contributed by atoms with Gasteiger partial charge in [0.05, 0.1) is 26.0 Å². The number of hydrogen-bond donors (Lipinski definition) is 1. The molecule has 8 heteroatoms. The molecule has 0 aliphatic heterocycles. The Morgan fingerprint density at radius 1 is 1.07 bits per heavy atom. The highest BCUT2D eigenvalue weighted by molar-refractivity contribution is 5.72. The lowest BCUT2D eigenvalue weighted by atomic mass is 10.2. The number of rotatable bonds is 4. The Labute approximate surface area is 159 Å². The minimum absolute atomic E-state index is 0.245. The number of imidazole rings is 2. The molecule has 1 aromatic carbocycles. The summed E-state index contributed by atoms with van der Waals surface area (Å²) in [6.45, 7) is 0.340. The fourth-order valence-electron chi connectivity index (χ4n) is 3.32. The monoisotopic (exact) mass is 372 g/mol. The van der Waals surface area contributed by atoms with E-state index in [1.807, 2.05) is 53.1 Å². The maximum Gasteiger partial charge on any atom is 0.328 e. The highest BCUT2D eigenvalue weighted by Crippen LogP contribution is 2.21. The lowest BCUT2D eigenvalue weighted by Crippen LogP contribution is -2.18. The van der Waals surface area contributed by atoms with Crippen LogP contribution in [0.5, 0.6) is 5.75 Å². The number of H-pyrrole nitrogens is 1. The number of benzene rings is 1. The maximum absolute atomic E-state index is 12.5. The van der Waals surface area contributed by atoms with E-state index in [0.717, 1.165) is 22.7 Å². The highest BCUT2D eigenvalue weighted by Gasteiger charge is 2.15. The third-order valence-corrected chi connectivity index (χ3v) is 4.68. The number of fused-ring (bicyclic) bond motifs is 2. The Morgan fingerprint density at radius 2 is 1.93 bits per heavy atom. The summed E-state index contributed by atoms with van der Waals surface area (Å²) in [5.74, 6) is 1.22. The van der Waals surface area contributed by atoms with E-state index in [9.17, 15) is 4.79 Å². The van der Waals surface area contributed by atoms with Gasteiger partial charge in [0.15, 0.2) is 11.5 Å². The van der Waals surface area contributed by atoms with Crippen molar-refractivity contribution in [3.05, 3.63) is 77.1 Å². The van der Waals surface area contributed by atoms with Crippen LogP contribution in [-0.2, 0) is 6.54 Å². The number of methoxy groups -OCH3 is 1. The first-order valence-corrected chi connectivity index (χ1v) is 8.74. The number of pyridine rings is 1. The number of aromatic amines is 1. The molecule has 28 heavy (non-hydrogen) atoms. The number of aromatic nitrogens is 6. The zero-order chi connectivity index (χ0) is 19.1. The van der Waals surface area contributed by atoms with Crippen LogP contribution in [0.25, 0.3) is 28.3 Å². The quantitative estimate of drug-likeness (QED) is 0.523. The van der Waals surface area contributed by atoms with Crippen LogP contribution < -0.4 is 10.4 Å². The Balaban J connectivity index is 1.66. The van der Waals surface area contributed by atoms with Crippen molar-refractivity contribution in [1.29, 1.82) is 0 Å². The number of nitrogens with zero attached hydrogens (tertiary/aromatic N) is 5. The van der Waals surface area contributed by atoms with Crippen molar-refractivity contribution in [3.63, 3.8) is 0 Å². The van der Waals surface area contributed by atoms with E-state index in [0.29, 0.717) is 23.5 Å². The van der Waals surface area contributed by atoms with Crippen LogP contribution in [0.2, 0.25) is 0 Å². The van der Waals surface area contributed by atoms with Crippen molar-refractivity contribution in [2.45, 2.75) is 6.54 Å². The van der Waals surface area contributed by atoms with Crippen LogP contribution >= 0.6 is 0 Å². The van der Waals surface area contributed by atoms with Crippen LogP contribution in [0.4, 0.5) is 0 Å². The zero-order valence-electron chi connectivity index (χ0n) is 15.0. The second kappa shape index (κ2) is 6.34. The predicted molar refractivity (Wildman–Crippen MR) is 104 cm³/mol. The topological polar surface area (TPSA) is 90.1 Å². The molecule has 5 aromatic rings. The van der Waals surface area contributed by atoms with Gasteiger partial charge in [0, 0.05) is 11.8 Å². The van der Waals surface area contributed by atoms with E-state index in [1.54, 1.807) is 24.1 Å². The first-order valence-electron chi connectivity index (χ1n) is 8.74. The molecule has 0 unspecified atom stereocenters. The number of ether oxygens (including phenoxy) is 1. The summed E-state index contributed by atoms with van der Waals surface area (Å²) in [4.78, 5) is 28.8. The molecule has 1 N–H and O–H groups in total. The summed E-state index contributed by atoms with van der Waals surface area (Å²) in [7, 11) is 1.61. The SMILES string of the molecule is COc1ccccc1Cn1c(=O)[nH]c2cnc(-c3cnc4ccccn34)nc21. The smallest absolute Gasteiger partial charge is 0.328 e. The van der Waals surface area contributed by atoms with E-state index < -0.39 is 0 Å². The average Bonchev–Trinajstić information content (AvgIpc) is 3.29. The van der Waals surface area contributed by atoms with Gasteiger partial charge < -0.3 is 9.72 Å². The van der Waals surface area contributed by atoms with Crippen molar-refractivity contribution >= 4 is 16.8 Å². The van der Waals surface area contributed by atoms with E-state index in [4.69, 9.17) is 4.74 Å². The van der Waals surface area contributed by atoms with Gasteiger partial charge in [-0.1, -0.05) is 24.3 Å². The molecule has 138 valence electrons. The molecular formula is C20H16N6O2. The molecule has 0 bridgehead atoms. The number of nitrogens with one attached hydrogen (secondary N) is 1. The molecule has 0 spiro atoms. The molecule has 0 aliphatic carbocycles. The minimum Gasteiger partial charge on any atom is -0.496 e. The molecule has 8 nitrogen and oxygen atoms in total. The third-order valence-electron chi connectivity index (χ3n) is 4.68. The highest BCUT2D eigenvalue weighted by atomic mass is 16.5. The van der Waals surface area contributed by atoms with Crippen LogP contribution in [0.15, 0.2) is 65.8 Å². The first kappa shape index (κ1) is 16.2. The summed E-state index contributed by atoms with van der Waals surface area (Å²) in [5.41, 5.74) is 3.33. The molecule has 0 atom stereocenters. The van der Waals surface area contributed by atoms with Gasteiger partial charge in [0.1, 0.15) is 22.6 Å². The fourth-order valence-corrected chi connectivity index (χ4v) is 3.32. The van der Waals surface area contributed by atoms with Gasteiger partial charge in [0.25, 0.3) is 0 Å². The Kier molecular flexibility index (Phi) is 3.68. The first-order chi connectivity index (χ1) is 13.7. The summed E-state index contributed by atoms with van der Waals surface area (Å²) >= 11 is 0. The molecule has 0 fully saturated rings. The molecule has 0 radical (unpaired) electrons. The van der Waals surface area contributed by atoms with Crippen molar-refractivity contribution < 1.29 is 4.74 Å². The summed E-state index contributed by atoms with van der Waals surface area (Å²) < 4.78 is 8.91. The van der Waals surface area contributed by atoms with Gasteiger partial charge in [-0.3, -0.25) is 8.97 Å². The minimum atomic E-state index is -0.245. The molecule has 5 rings (SSSR count). The Morgan fingerprint density at radius 3 is 2.82 bits per heavy atom. The van der Waals surface area contributed by atoms with Crippen molar-refractivity contribution in [2.75, 3.05) is 7.11 Å². The van der Waals surface area contributed by atoms with Crippen LogP contribution in [0.3, 0.4) is 0 Å². The summed E-state index contributed by atoms with van der Waals surface area (Å²) in [6.07, 6.45) is 5.26. The van der Waals surface area contributed by atoms with Crippen LogP contribution in [0.1, 0.15) is 5.56 Å². The van der Waals surface area contributed by atoms with E-state index in [2.05, 4.69) is 19.9 Å². The normalized spacial score (nSPS) is 11.3. The lowest BCUT2D eigenvalue weighted by Gasteiger charge is -2.09. The number of hydrogen-bond acceptors (Lipinski definition) is 5. The number of para-hydroxylation sites is 1. The average molecular weight is 372 g/mol. The van der Waals surface area contributed by atoms with Crippen molar-refractivity contribution in [2.24, 2.45) is 0 Å². The second-order valence-electron chi connectivity index (χ2n) is 6.33. The van der Waals surface area contributed by atoms with Crippen molar-refractivity contribution in [1.82, 2.24) is 28.9 Å². The van der Waals surface area contributed by atoms with E-state index >= 15 is 0 Å². The van der Waals surface area contributed by atoms with Crippen LogP contribution in [0, 0.1) is 0 Å². The van der Waals surface area contributed by atoms with Gasteiger partial charge in [0.2, 0.25) is 0 Å². The molecule has 4 aromatic heterocycles. The molecule has 0 amide bonds. The second-order valence-corrected chi connectivity index (χ2v) is 6.33. The molecule has 0 saturated carbocycles. The molecule has 0 saturated heterocycles. The molecule has 4 heterocycles. The van der Waals surface area contributed by atoms with Gasteiger partial charge >= 0.3 is 5.69 Å². The summed E-state index contributed by atoms with van der Waals surface area (Å²) in [6, 6.07) is 13.4.